The van der Waals surface area contributed by atoms with Crippen molar-refractivity contribution in [3.05, 3.63) is 0 Å². The smallest absolute Gasteiger partial charge is 0.355 e. The molecule has 0 bridgehead atoms. The van der Waals surface area contributed by atoms with Crippen molar-refractivity contribution in [2.75, 3.05) is 6.54 Å². The van der Waals surface area contributed by atoms with E-state index in [1.165, 1.54) is 0 Å². The number of halogens is 3. The molecule has 0 fully saturated rings. The van der Waals surface area contributed by atoms with Crippen LogP contribution in [-0.4, -0.2) is 24.7 Å². The minimum Gasteiger partial charge on any atom is -0.355 e. The average Bonchev–Trinajstić information content (AvgIpc) is 2.09. The molecule has 3 nitrogen and oxygen atoms in total. The number of rotatable bonds is 6. The zero-order valence-electron chi connectivity index (χ0n) is 9.60. The number of carbonyl (C=O) groups excluding carboxylic acids is 1. The topological polar surface area (TPSA) is 55.1 Å². The second-order valence-corrected chi connectivity index (χ2v) is 4.31. The van der Waals surface area contributed by atoms with Crippen LogP contribution in [0.3, 0.4) is 0 Å². The largest absolute Gasteiger partial charge is 0.389 e. The molecule has 16 heavy (non-hydrogen) atoms. The summed E-state index contributed by atoms with van der Waals surface area (Å²) in [6.45, 7) is 4.21. The lowest BCUT2D eigenvalue weighted by Crippen LogP contribution is -2.38. The Morgan fingerprint density at radius 3 is 2.38 bits per heavy atom. The van der Waals surface area contributed by atoms with Crippen LogP contribution < -0.4 is 11.1 Å². The highest BCUT2D eigenvalue weighted by Crippen LogP contribution is 2.20. The summed E-state index contributed by atoms with van der Waals surface area (Å²) in [5, 5.41) is 2.40. The Morgan fingerprint density at radius 1 is 1.38 bits per heavy atom. The van der Waals surface area contributed by atoms with E-state index in [0.29, 0.717) is 5.92 Å². The highest BCUT2D eigenvalue weighted by Gasteiger charge is 2.27. The lowest BCUT2D eigenvalue weighted by Gasteiger charge is -2.15. The predicted octanol–water partition coefficient (Wildman–Crippen LogP) is 1.82. The molecule has 0 saturated carbocycles. The van der Waals surface area contributed by atoms with Crippen LogP contribution in [0.25, 0.3) is 0 Å². The van der Waals surface area contributed by atoms with Crippen molar-refractivity contribution >= 4 is 5.91 Å². The van der Waals surface area contributed by atoms with E-state index >= 15 is 0 Å². The Hall–Kier alpha value is -0.780. The van der Waals surface area contributed by atoms with Gasteiger partial charge in [-0.2, -0.15) is 13.2 Å². The van der Waals surface area contributed by atoms with Gasteiger partial charge in [0.2, 0.25) is 5.91 Å². The minimum absolute atomic E-state index is 0.199. The highest BCUT2D eigenvalue weighted by atomic mass is 19.4. The Bertz CT molecular complexity index is 217. The van der Waals surface area contributed by atoms with Crippen LogP contribution >= 0.6 is 0 Å². The lowest BCUT2D eigenvalue weighted by molar-refractivity contribution is -0.144. The first-order valence-corrected chi connectivity index (χ1v) is 5.29. The Balaban J connectivity index is 3.65. The first kappa shape index (κ1) is 15.2. The Kier molecular flexibility index (Phi) is 6.40. The molecule has 0 aliphatic carbocycles. The predicted molar refractivity (Wildman–Crippen MR) is 55.7 cm³/mol. The van der Waals surface area contributed by atoms with Crippen molar-refractivity contribution in [3.8, 4) is 0 Å². The molecule has 0 aliphatic rings. The van der Waals surface area contributed by atoms with E-state index in [-0.39, 0.29) is 12.6 Å². The molecule has 1 amide bonds. The molecular formula is C10H19F3N2O. The summed E-state index contributed by atoms with van der Waals surface area (Å²) < 4.78 is 35.3. The van der Waals surface area contributed by atoms with Crippen molar-refractivity contribution in [2.45, 2.75) is 45.3 Å². The number of carbonyl (C=O) groups is 1. The van der Waals surface area contributed by atoms with E-state index < -0.39 is 24.9 Å². The molecule has 0 aromatic heterocycles. The molecule has 0 aliphatic heterocycles. The van der Waals surface area contributed by atoms with Gasteiger partial charge in [-0.15, -0.1) is 0 Å². The fourth-order valence-corrected chi connectivity index (χ4v) is 1.28. The monoisotopic (exact) mass is 240 g/mol. The van der Waals surface area contributed by atoms with E-state index in [2.05, 4.69) is 5.32 Å². The summed E-state index contributed by atoms with van der Waals surface area (Å²) in [5.41, 5.74) is 5.67. The lowest BCUT2D eigenvalue weighted by atomic mass is 10.0. The SMILES string of the molecule is CC(C)CC(N)CNC(=O)CCC(F)(F)F. The number of nitrogens with two attached hydrogens (primary N) is 1. The first-order valence-electron chi connectivity index (χ1n) is 5.29. The number of amides is 1. The highest BCUT2D eigenvalue weighted by molar-refractivity contribution is 5.75. The van der Waals surface area contributed by atoms with Crippen molar-refractivity contribution in [1.29, 1.82) is 0 Å². The van der Waals surface area contributed by atoms with Gasteiger partial charge in [-0.1, -0.05) is 13.8 Å². The Labute approximate surface area is 93.6 Å². The third kappa shape index (κ3) is 9.76. The molecule has 0 radical (unpaired) electrons. The van der Waals surface area contributed by atoms with E-state index in [1.54, 1.807) is 0 Å². The maximum atomic E-state index is 11.8. The number of hydrogen-bond acceptors (Lipinski definition) is 2. The summed E-state index contributed by atoms with van der Waals surface area (Å²) in [7, 11) is 0. The summed E-state index contributed by atoms with van der Waals surface area (Å²) in [6.07, 6.45) is -5.16. The molecular weight excluding hydrogens is 221 g/mol. The molecule has 3 N–H and O–H groups in total. The van der Waals surface area contributed by atoms with Crippen LogP contribution in [-0.2, 0) is 4.79 Å². The summed E-state index contributed by atoms with van der Waals surface area (Å²) in [6, 6.07) is -0.199. The molecule has 0 spiro atoms. The standard InChI is InChI=1S/C10H19F3N2O/c1-7(2)5-8(14)6-15-9(16)3-4-10(11,12)13/h7-8H,3-6,14H2,1-2H3,(H,15,16). The third-order valence-electron chi connectivity index (χ3n) is 1.97. The van der Waals surface area contributed by atoms with E-state index in [0.717, 1.165) is 6.42 Å². The van der Waals surface area contributed by atoms with Crippen molar-refractivity contribution in [2.24, 2.45) is 11.7 Å². The molecule has 96 valence electrons. The van der Waals surface area contributed by atoms with Gasteiger partial charge in [0.05, 0.1) is 6.42 Å². The van der Waals surface area contributed by atoms with E-state index in [1.807, 2.05) is 13.8 Å². The minimum atomic E-state index is -4.28. The van der Waals surface area contributed by atoms with Crippen LogP contribution in [0, 0.1) is 5.92 Å². The zero-order chi connectivity index (χ0) is 12.8. The van der Waals surface area contributed by atoms with Crippen LogP contribution in [0.1, 0.15) is 33.1 Å². The number of alkyl halides is 3. The van der Waals surface area contributed by atoms with Gasteiger partial charge < -0.3 is 11.1 Å². The maximum Gasteiger partial charge on any atom is 0.389 e. The summed E-state index contributed by atoms with van der Waals surface area (Å²) in [4.78, 5) is 11.0. The van der Waals surface area contributed by atoms with Crippen molar-refractivity contribution in [1.82, 2.24) is 5.32 Å². The maximum absolute atomic E-state index is 11.8. The fourth-order valence-electron chi connectivity index (χ4n) is 1.28. The van der Waals surface area contributed by atoms with Crippen LogP contribution in [0.5, 0.6) is 0 Å². The normalized spacial score (nSPS) is 13.9. The van der Waals surface area contributed by atoms with Gasteiger partial charge in [0, 0.05) is 19.0 Å². The van der Waals surface area contributed by atoms with Crippen LogP contribution in [0.15, 0.2) is 0 Å². The fraction of sp³-hybridized carbons (Fsp3) is 0.900. The molecule has 0 aromatic carbocycles. The van der Waals surface area contributed by atoms with Gasteiger partial charge in [0.1, 0.15) is 0 Å². The van der Waals surface area contributed by atoms with Gasteiger partial charge in [-0.3, -0.25) is 4.79 Å². The van der Waals surface area contributed by atoms with E-state index in [4.69, 9.17) is 5.73 Å². The molecule has 0 saturated heterocycles. The van der Waals surface area contributed by atoms with Crippen molar-refractivity contribution < 1.29 is 18.0 Å². The summed E-state index contributed by atoms with van der Waals surface area (Å²) >= 11 is 0. The molecule has 6 heteroatoms. The van der Waals surface area contributed by atoms with Gasteiger partial charge in [-0.05, 0) is 12.3 Å². The van der Waals surface area contributed by atoms with Gasteiger partial charge in [0.25, 0.3) is 0 Å². The second-order valence-electron chi connectivity index (χ2n) is 4.31. The van der Waals surface area contributed by atoms with Gasteiger partial charge >= 0.3 is 6.18 Å². The van der Waals surface area contributed by atoms with Gasteiger partial charge in [-0.25, -0.2) is 0 Å². The van der Waals surface area contributed by atoms with Crippen LogP contribution in [0.2, 0.25) is 0 Å². The van der Waals surface area contributed by atoms with Crippen molar-refractivity contribution in [3.63, 3.8) is 0 Å². The quantitative estimate of drug-likeness (QED) is 0.744. The molecule has 1 unspecified atom stereocenters. The average molecular weight is 240 g/mol. The molecule has 0 aromatic rings. The molecule has 0 rings (SSSR count). The third-order valence-corrected chi connectivity index (χ3v) is 1.97. The first-order chi connectivity index (χ1) is 7.20. The molecule has 0 heterocycles. The van der Waals surface area contributed by atoms with E-state index in [9.17, 15) is 18.0 Å². The van der Waals surface area contributed by atoms with Gasteiger partial charge in [0.15, 0.2) is 0 Å². The second kappa shape index (κ2) is 6.73. The molecule has 1 atom stereocenters. The number of nitrogens with one attached hydrogen (secondary N) is 1. The Morgan fingerprint density at radius 2 is 1.94 bits per heavy atom. The van der Waals surface area contributed by atoms with Crippen LogP contribution in [0.4, 0.5) is 13.2 Å². The zero-order valence-corrected chi connectivity index (χ0v) is 9.60. The number of hydrogen-bond donors (Lipinski definition) is 2. The summed E-state index contributed by atoms with van der Waals surface area (Å²) in [5.74, 6) is -0.196.